The summed E-state index contributed by atoms with van der Waals surface area (Å²) in [4.78, 5) is 6.14. The number of fused-ring (bicyclic) bond motifs is 18. The second-order valence-electron chi connectivity index (χ2n) is 9.96. The van der Waals surface area contributed by atoms with Gasteiger partial charge in [0.25, 0.3) is 0 Å². The summed E-state index contributed by atoms with van der Waals surface area (Å²) >= 11 is 8.09. The number of hydrogen-bond donors (Lipinski definition) is 0. The maximum absolute atomic E-state index is 2.56. The van der Waals surface area contributed by atoms with E-state index in [0.717, 1.165) is 0 Å². The predicted molar refractivity (Wildman–Crippen MR) is 170 cm³/mol. The highest BCUT2D eigenvalue weighted by molar-refractivity contribution is 7.45. The van der Waals surface area contributed by atoms with E-state index in [0.29, 0.717) is 0 Å². The molecule has 0 saturated heterocycles. The van der Waals surface area contributed by atoms with Crippen molar-refractivity contribution in [3.05, 3.63) is 97.1 Å². The van der Waals surface area contributed by atoms with E-state index in [1.54, 1.807) is 20.7 Å². The first-order valence-electron chi connectivity index (χ1n) is 12.4. The number of benzene rings is 4. The van der Waals surface area contributed by atoms with Crippen LogP contribution >= 0.6 is 45.3 Å². The molecule has 2 aliphatic rings. The lowest BCUT2D eigenvalue weighted by Gasteiger charge is -2.27. The Kier molecular flexibility index (Phi) is 3.60. The van der Waals surface area contributed by atoms with Crippen LogP contribution in [0.1, 0.15) is 0 Å². The van der Waals surface area contributed by atoms with Crippen molar-refractivity contribution in [1.29, 1.82) is 0 Å². The van der Waals surface area contributed by atoms with Gasteiger partial charge in [0, 0.05) is 38.3 Å². The first-order valence-corrected chi connectivity index (χ1v) is 17.7. The van der Waals surface area contributed by atoms with Gasteiger partial charge in [0.2, 0.25) is 0 Å². The summed E-state index contributed by atoms with van der Waals surface area (Å²) in [7, 11) is -2.56. The molecule has 1 spiro atoms. The summed E-state index contributed by atoms with van der Waals surface area (Å²) < 4.78 is 5.71. The van der Waals surface area contributed by atoms with Gasteiger partial charge in [-0.3, -0.25) is 0 Å². The van der Waals surface area contributed by atoms with Crippen LogP contribution in [0.4, 0.5) is 0 Å². The number of hydrogen-bond acceptors (Lipinski definition) is 4. The van der Waals surface area contributed by atoms with Crippen LogP contribution in [-0.4, -0.2) is 8.07 Å². The van der Waals surface area contributed by atoms with Crippen molar-refractivity contribution in [2.45, 2.75) is 0 Å². The minimum Gasteiger partial charge on any atom is -0.134 e. The summed E-state index contributed by atoms with van der Waals surface area (Å²) in [6, 6.07) is 36.8. The van der Waals surface area contributed by atoms with Crippen LogP contribution in [0.5, 0.6) is 0 Å². The molecule has 0 bridgehead atoms. The fourth-order valence-electron chi connectivity index (χ4n) is 7.06. The standard InChI is InChI=1S/C32H16S4Si/c1-5-13-21-17(9-1)29-25(33-21)26-30(18-10-2-6-14-22(18)34-26)37(29)31-19-11-3-7-15-23(19)35-27(31)28-32(37)20-12-4-8-16-24(20)36-28/h1-16H. The second-order valence-corrected chi connectivity index (χ2v) is 17.7. The van der Waals surface area contributed by atoms with Gasteiger partial charge in [0.1, 0.15) is 0 Å². The minimum absolute atomic E-state index is 1.43. The second kappa shape index (κ2) is 6.68. The Morgan fingerprint density at radius 1 is 0.324 bits per heavy atom. The van der Waals surface area contributed by atoms with Crippen molar-refractivity contribution < 1.29 is 0 Å². The Labute approximate surface area is 229 Å². The molecule has 6 heterocycles. The van der Waals surface area contributed by atoms with Crippen molar-refractivity contribution in [3.8, 4) is 19.5 Å². The maximum Gasteiger partial charge on any atom is 0.188 e. The normalized spacial score (nSPS) is 14.7. The van der Waals surface area contributed by atoms with Crippen LogP contribution in [0.25, 0.3) is 59.9 Å². The number of rotatable bonds is 0. The van der Waals surface area contributed by atoms with E-state index in [2.05, 4.69) is 97.1 Å². The van der Waals surface area contributed by atoms with E-state index in [1.807, 2.05) is 45.3 Å². The fourth-order valence-corrected chi connectivity index (χ4v) is 20.8. The third-order valence-corrected chi connectivity index (χ3v) is 19.1. The first kappa shape index (κ1) is 20.0. The van der Waals surface area contributed by atoms with Crippen LogP contribution < -0.4 is 20.7 Å². The lowest BCUT2D eigenvalue weighted by molar-refractivity contribution is 1.85. The first-order chi connectivity index (χ1) is 18.4. The zero-order valence-electron chi connectivity index (χ0n) is 19.4. The van der Waals surface area contributed by atoms with Gasteiger partial charge in [-0.15, -0.1) is 45.3 Å². The van der Waals surface area contributed by atoms with Crippen LogP contribution in [0.15, 0.2) is 97.1 Å². The minimum atomic E-state index is -2.56. The molecule has 0 amide bonds. The average molecular weight is 557 g/mol. The van der Waals surface area contributed by atoms with E-state index in [4.69, 9.17) is 0 Å². The van der Waals surface area contributed by atoms with Gasteiger partial charge >= 0.3 is 0 Å². The molecule has 4 aromatic carbocycles. The van der Waals surface area contributed by atoms with Gasteiger partial charge in [0.05, 0.1) is 0 Å². The smallest absolute Gasteiger partial charge is 0.134 e. The summed E-state index contributed by atoms with van der Waals surface area (Å²) in [6.45, 7) is 0. The van der Waals surface area contributed by atoms with E-state index in [1.165, 1.54) is 59.9 Å². The predicted octanol–water partition coefficient (Wildman–Crippen LogP) is 7.88. The summed E-state index contributed by atoms with van der Waals surface area (Å²) in [5.41, 5.74) is 0. The van der Waals surface area contributed by atoms with Crippen LogP contribution in [0.3, 0.4) is 0 Å². The quantitative estimate of drug-likeness (QED) is 0.167. The van der Waals surface area contributed by atoms with E-state index < -0.39 is 8.07 Å². The van der Waals surface area contributed by atoms with Gasteiger partial charge < -0.3 is 0 Å². The van der Waals surface area contributed by atoms with Gasteiger partial charge in [-0.25, -0.2) is 0 Å². The molecular weight excluding hydrogens is 541 g/mol. The Morgan fingerprint density at radius 3 is 0.838 bits per heavy atom. The van der Waals surface area contributed by atoms with Crippen molar-refractivity contribution >= 4 is 115 Å². The third-order valence-electron chi connectivity index (χ3n) is 8.29. The van der Waals surface area contributed by atoms with Crippen molar-refractivity contribution in [2.24, 2.45) is 0 Å². The van der Waals surface area contributed by atoms with Crippen molar-refractivity contribution in [2.75, 3.05) is 0 Å². The average Bonchev–Trinajstić information content (AvgIpc) is 3.74. The molecule has 0 radical (unpaired) electrons. The molecule has 172 valence electrons. The van der Waals surface area contributed by atoms with Crippen molar-refractivity contribution in [1.82, 2.24) is 0 Å². The van der Waals surface area contributed by atoms with Gasteiger partial charge in [-0.05, 0) is 66.6 Å². The Hall–Kier alpha value is -3.06. The molecule has 5 heteroatoms. The Bertz CT molecular complexity index is 1950. The van der Waals surface area contributed by atoms with E-state index >= 15 is 0 Å². The molecule has 2 aliphatic heterocycles. The zero-order valence-corrected chi connectivity index (χ0v) is 23.6. The molecule has 37 heavy (non-hydrogen) atoms. The Balaban J connectivity index is 1.56. The van der Waals surface area contributed by atoms with Crippen LogP contribution in [-0.2, 0) is 0 Å². The SMILES string of the molecule is c1ccc2c3c(sc2c1)-c1sc2ccccc2c1[Si]31c2c(sc3ccccc23)-c2sc3ccccc3c21. The molecule has 10 rings (SSSR count). The molecule has 0 N–H and O–H groups in total. The van der Waals surface area contributed by atoms with E-state index in [-0.39, 0.29) is 0 Å². The highest BCUT2D eigenvalue weighted by Crippen LogP contribution is 2.51. The molecule has 0 atom stereocenters. The number of thiophene rings is 4. The molecular formula is C32H16S4Si. The lowest BCUT2D eigenvalue weighted by atomic mass is 10.2. The third kappa shape index (κ3) is 2.16. The van der Waals surface area contributed by atoms with Crippen LogP contribution in [0.2, 0.25) is 0 Å². The fraction of sp³-hybridized carbons (Fsp3) is 0. The summed E-state index contributed by atoms with van der Waals surface area (Å²) in [5, 5.41) is 12.5. The summed E-state index contributed by atoms with van der Waals surface area (Å²) in [5.74, 6) is 0. The monoisotopic (exact) mass is 556 g/mol. The largest absolute Gasteiger partial charge is 0.188 e. The molecule has 0 unspecified atom stereocenters. The highest BCUT2D eigenvalue weighted by atomic mass is 32.1. The molecule has 4 aromatic heterocycles. The van der Waals surface area contributed by atoms with Gasteiger partial charge in [-0.1, -0.05) is 72.8 Å². The van der Waals surface area contributed by atoms with Crippen LogP contribution in [0, 0.1) is 0 Å². The van der Waals surface area contributed by atoms with Gasteiger partial charge in [-0.2, -0.15) is 0 Å². The Morgan fingerprint density at radius 2 is 0.568 bits per heavy atom. The summed E-state index contributed by atoms with van der Waals surface area (Å²) in [6.07, 6.45) is 0. The lowest BCUT2D eigenvalue weighted by Crippen LogP contribution is -2.70. The molecule has 0 saturated carbocycles. The van der Waals surface area contributed by atoms with Gasteiger partial charge in [0.15, 0.2) is 8.07 Å². The molecule has 8 aromatic rings. The van der Waals surface area contributed by atoms with E-state index in [9.17, 15) is 0 Å². The van der Waals surface area contributed by atoms with Crippen molar-refractivity contribution in [3.63, 3.8) is 0 Å². The molecule has 0 fully saturated rings. The maximum atomic E-state index is 2.40. The molecule has 0 aliphatic carbocycles. The topological polar surface area (TPSA) is 0 Å². The zero-order chi connectivity index (χ0) is 23.9. The molecule has 0 nitrogen and oxygen atoms in total. The highest BCUT2D eigenvalue weighted by Gasteiger charge is 2.60.